The van der Waals surface area contributed by atoms with E-state index in [1.54, 1.807) is 0 Å². The first-order valence-corrected chi connectivity index (χ1v) is 4.45. The monoisotopic (exact) mass is 189 g/mol. The zero-order valence-electron chi connectivity index (χ0n) is 6.83. The first-order valence-electron chi connectivity index (χ1n) is 4.02. The molecule has 1 saturated heterocycles. The van der Waals surface area contributed by atoms with Crippen LogP contribution in [0.2, 0.25) is 0 Å². The van der Waals surface area contributed by atoms with Gasteiger partial charge in [-0.1, -0.05) is 0 Å². The molecule has 1 rings (SSSR count). The van der Waals surface area contributed by atoms with Crippen molar-refractivity contribution in [2.24, 2.45) is 5.92 Å². The van der Waals surface area contributed by atoms with Crippen molar-refractivity contribution in [1.82, 2.24) is 0 Å². The van der Waals surface area contributed by atoms with Gasteiger partial charge in [0, 0.05) is 12.5 Å². The average Bonchev–Trinajstić information content (AvgIpc) is 2.57. The maximum absolute atomic E-state index is 8.34. The molecule has 0 radical (unpaired) electrons. The molecule has 1 aliphatic rings. The predicted octanol–water partition coefficient (Wildman–Crippen LogP) is 1.17. The summed E-state index contributed by atoms with van der Waals surface area (Å²) in [5.74, 6) is 0.493. The highest BCUT2D eigenvalue weighted by atomic mass is 35.5. The number of rotatable bonds is 4. The molecule has 0 amide bonds. The van der Waals surface area contributed by atoms with E-state index < -0.39 is 5.38 Å². The van der Waals surface area contributed by atoms with Gasteiger partial charge in [0.05, 0.1) is 25.9 Å². The molecule has 0 aliphatic carbocycles. The van der Waals surface area contributed by atoms with Gasteiger partial charge in [0.15, 0.2) is 0 Å². The highest BCUT2D eigenvalue weighted by Gasteiger charge is 2.15. The zero-order chi connectivity index (χ0) is 8.81. The van der Waals surface area contributed by atoms with Crippen molar-refractivity contribution in [3.8, 4) is 6.07 Å². The Morgan fingerprint density at radius 2 is 2.58 bits per heavy atom. The Bertz CT molecular complexity index is 163. The van der Waals surface area contributed by atoms with Gasteiger partial charge in [-0.2, -0.15) is 5.26 Å². The lowest BCUT2D eigenvalue weighted by atomic mass is 10.1. The number of ether oxygens (including phenoxy) is 2. The van der Waals surface area contributed by atoms with E-state index in [0.717, 1.165) is 19.6 Å². The summed E-state index contributed by atoms with van der Waals surface area (Å²) in [4.78, 5) is 0. The maximum atomic E-state index is 8.34. The summed E-state index contributed by atoms with van der Waals surface area (Å²) in [6, 6.07) is 1.90. The van der Waals surface area contributed by atoms with E-state index >= 15 is 0 Å². The third kappa shape index (κ3) is 3.40. The van der Waals surface area contributed by atoms with Crippen molar-refractivity contribution in [3.63, 3.8) is 0 Å². The first kappa shape index (κ1) is 9.79. The summed E-state index contributed by atoms with van der Waals surface area (Å²) in [5.41, 5.74) is 0. The van der Waals surface area contributed by atoms with E-state index in [2.05, 4.69) is 0 Å². The Labute approximate surface area is 77.2 Å². The molecule has 0 saturated carbocycles. The van der Waals surface area contributed by atoms with Crippen molar-refractivity contribution in [2.75, 3.05) is 26.4 Å². The van der Waals surface area contributed by atoms with Crippen molar-refractivity contribution < 1.29 is 9.47 Å². The molecule has 68 valence electrons. The smallest absolute Gasteiger partial charge is 0.143 e. The second-order valence-electron chi connectivity index (χ2n) is 2.86. The Hall–Kier alpha value is -0.300. The maximum Gasteiger partial charge on any atom is 0.143 e. The molecule has 12 heavy (non-hydrogen) atoms. The van der Waals surface area contributed by atoms with Gasteiger partial charge in [0.1, 0.15) is 5.38 Å². The predicted molar refractivity (Wildman–Crippen MR) is 45.0 cm³/mol. The molecule has 0 aromatic heterocycles. The minimum atomic E-state index is -0.521. The summed E-state index contributed by atoms with van der Waals surface area (Å²) < 4.78 is 10.4. The zero-order valence-corrected chi connectivity index (χ0v) is 7.59. The molecular formula is C8H12ClNO2. The Morgan fingerprint density at radius 1 is 1.75 bits per heavy atom. The molecule has 0 aromatic carbocycles. The highest BCUT2D eigenvalue weighted by Crippen LogP contribution is 2.12. The Kier molecular flexibility index (Phi) is 4.37. The molecule has 0 N–H and O–H groups in total. The normalized spacial score (nSPS) is 25.2. The van der Waals surface area contributed by atoms with Crippen LogP contribution < -0.4 is 0 Å². The third-order valence-electron chi connectivity index (χ3n) is 1.78. The van der Waals surface area contributed by atoms with Crippen LogP contribution >= 0.6 is 11.6 Å². The topological polar surface area (TPSA) is 42.2 Å². The minimum Gasteiger partial charge on any atom is -0.381 e. The second kappa shape index (κ2) is 5.36. The lowest BCUT2D eigenvalue weighted by Crippen LogP contribution is -2.14. The van der Waals surface area contributed by atoms with E-state index in [1.165, 1.54) is 0 Å². The van der Waals surface area contributed by atoms with E-state index in [1.807, 2.05) is 6.07 Å². The van der Waals surface area contributed by atoms with Crippen LogP contribution in [0, 0.1) is 17.2 Å². The largest absolute Gasteiger partial charge is 0.381 e. The van der Waals surface area contributed by atoms with Gasteiger partial charge in [-0.3, -0.25) is 0 Å². The standard InChI is InChI=1S/C8H12ClNO2/c9-8(3-10)6-12-5-7-1-2-11-4-7/h7-8H,1-2,4-6H2. The van der Waals surface area contributed by atoms with Gasteiger partial charge in [-0.05, 0) is 6.42 Å². The molecule has 0 spiro atoms. The van der Waals surface area contributed by atoms with Crippen LogP contribution in [0.3, 0.4) is 0 Å². The molecule has 3 nitrogen and oxygen atoms in total. The van der Waals surface area contributed by atoms with E-state index in [4.69, 9.17) is 26.3 Å². The van der Waals surface area contributed by atoms with Gasteiger partial charge in [0.25, 0.3) is 0 Å². The number of nitriles is 1. The summed E-state index contributed by atoms with van der Waals surface area (Å²) >= 11 is 5.53. The van der Waals surface area contributed by atoms with Crippen LogP contribution in [0.4, 0.5) is 0 Å². The molecular weight excluding hydrogens is 178 g/mol. The number of hydrogen-bond acceptors (Lipinski definition) is 3. The van der Waals surface area contributed by atoms with Crippen LogP contribution in [0.1, 0.15) is 6.42 Å². The molecule has 0 aromatic rings. The number of hydrogen-bond donors (Lipinski definition) is 0. The summed E-state index contributed by atoms with van der Waals surface area (Å²) in [5, 5.41) is 7.82. The number of nitrogens with zero attached hydrogens (tertiary/aromatic N) is 1. The second-order valence-corrected chi connectivity index (χ2v) is 3.39. The average molecular weight is 190 g/mol. The van der Waals surface area contributed by atoms with Crippen LogP contribution in [-0.2, 0) is 9.47 Å². The summed E-state index contributed by atoms with van der Waals surface area (Å²) in [6.45, 7) is 2.58. The SMILES string of the molecule is N#CC(Cl)COCC1CCOC1. The highest BCUT2D eigenvalue weighted by molar-refractivity contribution is 6.22. The van der Waals surface area contributed by atoms with E-state index in [0.29, 0.717) is 19.1 Å². The fraction of sp³-hybridized carbons (Fsp3) is 0.875. The van der Waals surface area contributed by atoms with E-state index in [9.17, 15) is 0 Å². The lowest BCUT2D eigenvalue weighted by Gasteiger charge is -2.08. The van der Waals surface area contributed by atoms with Gasteiger partial charge in [-0.15, -0.1) is 11.6 Å². The summed E-state index contributed by atoms with van der Waals surface area (Å²) in [7, 11) is 0. The van der Waals surface area contributed by atoms with Crippen LogP contribution in [0.15, 0.2) is 0 Å². The van der Waals surface area contributed by atoms with Crippen molar-refractivity contribution in [2.45, 2.75) is 11.8 Å². The molecule has 2 atom stereocenters. The van der Waals surface area contributed by atoms with Gasteiger partial charge in [-0.25, -0.2) is 0 Å². The molecule has 1 heterocycles. The van der Waals surface area contributed by atoms with Gasteiger partial charge in [0.2, 0.25) is 0 Å². The first-order chi connectivity index (χ1) is 5.83. The molecule has 1 aliphatic heterocycles. The Balaban J connectivity index is 1.98. The van der Waals surface area contributed by atoms with Gasteiger partial charge < -0.3 is 9.47 Å². The fourth-order valence-corrected chi connectivity index (χ4v) is 1.18. The lowest BCUT2D eigenvalue weighted by molar-refractivity contribution is 0.0946. The van der Waals surface area contributed by atoms with Crippen LogP contribution in [0.5, 0.6) is 0 Å². The number of alkyl halides is 1. The van der Waals surface area contributed by atoms with Crippen LogP contribution in [-0.4, -0.2) is 31.8 Å². The number of halogens is 1. The molecule has 1 fully saturated rings. The third-order valence-corrected chi connectivity index (χ3v) is 2.01. The molecule has 0 bridgehead atoms. The van der Waals surface area contributed by atoms with Crippen LogP contribution in [0.25, 0.3) is 0 Å². The fourth-order valence-electron chi connectivity index (χ4n) is 1.09. The molecule has 2 unspecified atom stereocenters. The van der Waals surface area contributed by atoms with Crippen molar-refractivity contribution >= 4 is 11.6 Å². The van der Waals surface area contributed by atoms with Crippen molar-refractivity contribution in [1.29, 1.82) is 5.26 Å². The van der Waals surface area contributed by atoms with Crippen molar-refractivity contribution in [3.05, 3.63) is 0 Å². The Morgan fingerprint density at radius 3 is 3.17 bits per heavy atom. The van der Waals surface area contributed by atoms with E-state index in [-0.39, 0.29) is 0 Å². The quantitative estimate of drug-likeness (QED) is 0.624. The summed E-state index contributed by atoms with van der Waals surface area (Å²) in [6.07, 6.45) is 1.06. The van der Waals surface area contributed by atoms with Gasteiger partial charge >= 0.3 is 0 Å². The minimum absolute atomic E-state index is 0.314. The molecule has 4 heteroatoms.